The van der Waals surface area contributed by atoms with Crippen LogP contribution in [0.4, 0.5) is 13.2 Å². The molecule has 0 atom stereocenters. The number of aliphatic hydroxyl groups excluding tert-OH is 1. The number of alkyl halides is 3. The number of aliphatic hydroxyl groups is 1. The highest BCUT2D eigenvalue weighted by molar-refractivity contribution is 5.77. The molecular formula is C16H22F3N3O2. The average molecular weight is 345 g/mol. The van der Waals surface area contributed by atoms with Crippen LogP contribution in [0.3, 0.4) is 0 Å². The van der Waals surface area contributed by atoms with Crippen molar-refractivity contribution < 1.29 is 23.1 Å². The van der Waals surface area contributed by atoms with E-state index in [4.69, 9.17) is 5.11 Å². The van der Waals surface area contributed by atoms with Crippen molar-refractivity contribution in [1.82, 2.24) is 14.7 Å². The summed E-state index contributed by atoms with van der Waals surface area (Å²) in [5, 5.41) is 12.5. The maximum atomic E-state index is 13.0. The summed E-state index contributed by atoms with van der Waals surface area (Å²) in [6, 6.07) is 0.467. The van der Waals surface area contributed by atoms with E-state index >= 15 is 0 Å². The summed E-state index contributed by atoms with van der Waals surface area (Å²) in [5.41, 5.74) is -1.08. The summed E-state index contributed by atoms with van der Waals surface area (Å²) in [4.78, 5) is 14.5. The fraction of sp³-hybridized carbons (Fsp3) is 0.750. The first-order valence-corrected chi connectivity index (χ1v) is 8.45. The highest BCUT2D eigenvalue weighted by Crippen LogP contribution is 2.35. The number of hydrogen-bond donors (Lipinski definition) is 1. The third-order valence-corrected chi connectivity index (χ3v) is 4.73. The lowest BCUT2D eigenvalue weighted by atomic mass is 10.2. The predicted octanol–water partition coefficient (Wildman–Crippen LogP) is 2.37. The molecule has 0 saturated heterocycles. The first-order valence-electron chi connectivity index (χ1n) is 8.45. The number of hydrogen-bond acceptors (Lipinski definition) is 3. The van der Waals surface area contributed by atoms with Gasteiger partial charge in [-0.05, 0) is 32.1 Å². The lowest BCUT2D eigenvalue weighted by Gasteiger charge is -2.29. The summed E-state index contributed by atoms with van der Waals surface area (Å²) >= 11 is 0. The van der Waals surface area contributed by atoms with Gasteiger partial charge in [-0.15, -0.1) is 0 Å². The number of rotatable bonds is 6. The van der Waals surface area contributed by atoms with E-state index in [-0.39, 0.29) is 43.1 Å². The van der Waals surface area contributed by atoms with E-state index in [0.717, 1.165) is 43.2 Å². The molecule has 2 saturated carbocycles. The lowest BCUT2D eigenvalue weighted by Crippen LogP contribution is -2.42. The van der Waals surface area contributed by atoms with Crippen LogP contribution in [0.2, 0.25) is 0 Å². The molecule has 8 heteroatoms. The standard InChI is InChI=1S/C16H22F3N3O2/c17-16(18,19)15-11(7-8-23)9-21(20-15)10-14(24)22(13-5-6-13)12-3-1-2-4-12/h9,12-13,23H,1-8,10H2. The van der Waals surface area contributed by atoms with Gasteiger partial charge in [-0.3, -0.25) is 9.48 Å². The van der Waals surface area contributed by atoms with Gasteiger partial charge in [0.25, 0.3) is 0 Å². The van der Waals surface area contributed by atoms with Crippen LogP contribution in [-0.2, 0) is 23.9 Å². The second kappa shape index (κ2) is 6.74. The Morgan fingerprint density at radius 3 is 2.42 bits per heavy atom. The SMILES string of the molecule is O=C(Cn1cc(CCO)c(C(F)(F)F)n1)N(C1CCCC1)C1CC1. The molecule has 134 valence electrons. The van der Waals surface area contributed by atoms with Gasteiger partial charge in [0.05, 0.1) is 0 Å². The highest BCUT2D eigenvalue weighted by Gasteiger charge is 2.40. The molecule has 0 aliphatic heterocycles. The monoisotopic (exact) mass is 345 g/mol. The van der Waals surface area contributed by atoms with Crippen LogP contribution in [0.15, 0.2) is 6.20 Å². The van der Waals surface area contributed by atoms with Crippen molar-refractivity contribution in [2.75, 3.05) is 6.61 Å². The van der Waals surface area contributed by atoms with Crippen molar-refractivity contribution >= 4 is 5.91 Å². The van der Waals surface area contributed by atoms with Crippen LogP contribution >= 0.6 is 0 Å². The summed E-state index contributed by atoms with van der Waals surface area (Å²) in [6.07, 6.45) is 2.63. The van der Waals surface area contributed by atoms with Crippen LogP contribution in [0.1, 0.15) is 49.8 Å². The number of carbonyl (C=O) groups is 1. The molecule has 1 heterocycles. The quantitative estimate of drug-likeness (QED) is 0.861. The van der Waals surface area contributed by atoms with Gasteiger partial charge in [0.1, 0.15) is 6.54 Å². The second-order valence-electron chi connectivity index (χ2n) is 6.64. The van der Waals surface area contributed by atoms with Crippen molar-refractivity contribution in [2.24, 2.45) is 0 Å². The Morgan fingerprint density at radius 2 is 1.88 bits per heavy atom. The smallest absolute Gasteiger partial charge is 0.396 e. The zero-order valence-electron chi connectivity index (χ0n) is 13.4. The molecule has 0 bridgehead atoms. The van der Waals surface area contributed by atoms with Gasteiger partial charge in [-0.2, -0.15) is 18.3 Å². The molecule has 0 radical (unpaired) electrons. The van der Waals surface area contributed by atoms with Crippen LogP contribution in [-0.4, -0.2) is 44.4 Å². The maximum Gasteiger partial charge on any atom is 0.435 e. The molecule has 1 aromatic heterocycles. The van der Waals surface area contributed by atoms with E-state index in [2.05, 4.69) is 5.10 Å². The average Bonchev–Trinajstić information content (AvgIpc) is 3.00. The van der Waals surface area contributed by atoms with Crippen LogP contribution < -0.4 is 0 Å². The Kier molecular flexibility index (Phi) is 4.85. The highest BCUT2D eigenvalue weighted by atomic mass is 19.4. The van der Waals surface area contributed by atoms with E-state index < -0.39 is 11.9 Å². The van der Waals surface area contributed by atoms with Crippen molar-refractivity contribution in [3.8, 4) is 0 Å². The van der Waals surface area contributed by atoms with Gasteiger partial charge in [0.15, 0.2) is 5.69 Å². The fourth-order valence-corrected chi connectivity index (χ4v) is 3.55. The van der Waals surface area contributed by atoms with Gasteiger partial charge in [-0.25, -0.2) is 0 Å². The van der Waals surface area contributed by atoms with Crippen LogP contribution in [0, 0.1) is 0 Å². The van der Waals surface area contributed by atoms with Gasteiger partial charge < -0.3 is 10.0 Å². The van der Waals surface area contributed by atoms with Gasteiger partial charge >= 0.3 is 6.18 Å². The molecule has 1 amide bonds. The van der Waals surface area contributed by atoms with Crippen LogP contribution in [0.5, 0.6) is 0 Å². The molecule has 5 nitrogen and oxygen atoms in total. The molecule has 1 aromatic rings. The Bertz CT molecular complexity index is 590. The number of nitrogens with zero attached hydrogens (tertiary/aromatic N) is 3. The van der Waals surface area contributed by atoms with Crippen LogP contribution in [0.25, 0.3) is 0 Å². The Hall–Kier alpha value is -1.57. The molecule has 2 aliphatic carbocycles. The molecule has 0 spiro atoms. The minimum atomic E-state index is -4.58. The molecular weight excluding hydrogens is 323 g/mol. The van der Waals surface area contributed by atoms with Gasteiger partial charge in [-0.1, -0.05) is 12.8 Å². The predicted molar refractivity (Wildman–Crippen MR) is 80.1 cm³/mol. The van der Waals surface area contributed by atoms with Gasteiger partial charge in [0.2, 0.25) is 5.91 Å². The number of aromatic nitrogens is 2. The van der Waals surface area contributed by atoms with E-state index in [1.165, 1.54) is 6.20 Å². The Balaban J connectivity index is 1.75. The maximum absolute atomic E-state index is 13.0. The van der Waals surface area contributed by atoms with E-state index in [9.17, 15) is 18.0 Å². The number of halogens is 3. The fourth-order valence-electron chi connectivity index (χ4n) is 3.55. The summed E-state index contributed by atoms with van der Waals surface area (Å²) in [6.45, 7) is -0.569. The molecule has 0 unspecified atom stereocenters. The Labute approximate surface area is 138 Å². The summed E-state index contributed by atoms with van der Waals surface area (Å²) in [7, 11) is 0. The van der Waals surface area contributed by atoms with Gasteiger partial charge in [0, 0.05) is 30.5 Å². The van der Waals surface area contributed by atoms with Crippen molar-refractivity contribution in [3.05, 3.63) is 17.5 Å². The summed E-state index contributed by atoms with van der Waals surface area (Å²) < 4.78 is 40.1. The van der Waals surface area contributed by atoms with E-state index in [1.807, 2.05) is 4.90 Å². The topological polar surface area (TPSA) is 58.4 Å². The minimum absolute atomic E-state index is 0.0726. The summed E-state index contributed by atoms with van der Waals surface area (Å²) in [5.74, 6) is -0.156. The van der Waals surface area contributed by atoms with Crippen molar-refractivity contribution in [1.29, 1.82) is 0 Å². The van der Waals surface area contributed by atoms with E-state index in [1.54, 1.807) is 0 Å². The third-order valence-electron chi connectivity index (χ3n) is 4.73. The first kappa shape index (κ1) is 17.3. The number of amides is 1. The molecule has 2 aliphatic rings. The largest absolute Gasteiger partial charge is 0.435 e. The first-order chi connectivity index (χ1) is 11.4. The molecule has 2 fully saturated rings. The molecule has 0 aromatic carbocycles. The Morgan fingerprint density at radius 1 is 1.25 bits per heavy atom. The van der Waals surface area contributed by atoms with Crippen molar-refractivity contribution in [3.63, 3.8) is 0 Å². The molecule has 1 N–H and O–H groups in total. The second-order valence-corrected chi connectivity index (χ2v) is 6.64. The zero-order chi connectivity index (χ0) is 17.3. The molecule has 3 rings (SSSR count). The normalized spacial score (nSPS) is 19.0. The zero-order valence-corrected chi connectivity index (χ0v) is 13.4. The third kappa shape index (κ3) is 3.74. The van der Waals surface area contributed by atoms with E-state index in [0.29, 0.717) is 0 Å². The number of carbonyl (C=O) groups excluding carboxylic acids is 1. The minimum Gasteiger partial charge on any atom is -0.396 e. The molecule has 24 heavy (non-hydrogen) atoms. The lowest BCUT2D eigenvalue weighted by molar-refractivity contribution is -0.143. The van der Waals surface area contributed by atoms with Crippen molar-refractivity contribution in [2.45, 2.75) is 69.8 Å².